The number of aliphatic hydroxyl groups is 1. The lowest BCUT2D eigenvalue weighted by Gasteiger charge is -2.32. The number of aldehydes is 1. The number of likely N-dealkylation sites (N-methyl/N-ethyl adjacent to an activating group) is 1. The molecule has 0 aliphatic carbocycles. The van der Waals surface area contributed by atoms with Crippen LogP contribution in [0.2, 0.25) is 0 Å². The number of aromatic nitrogens is 2. The van der Waals surface area contributed by atoms with Crippen LogP contribution in [0.1, 0.15) is 21.6 Å². The van der Waals surface area contributed by atoms with Crippen molar-refractivity contribution < 1.29 is 19.4 Å². The molecule has 2 aliphatic rings. The van der Waals surface area contributed by atoms with E-state index < -0.39 is 6.35 Å². The van der Waals surface area contributed by atoms with Gasteiger partial charge in [0.15, 0.2) is 6.29 Å². The number of rotatable bonds is 9. The second-order valence-corrected chi connectivity index (χ2v) is 8.62. The molecule has 1 amide bonds. The van der Waals surface area contributed by atoms with E-state index in [-0.39, 0.29) is 17.6 Å². The highest BCUT2D eigenvalue weighted by Crippen LogP contribution is 2.22. The van der Waals surface area contributed by atoms with Gasteiger partial charge in [-0.15, -0.1) is 0 Å². The number of nitrogens with one attached hydrogen (secondary N) is 2. The fraction of sp³-hybridized carbons (Fsp3) is 0.435. The van der Waals surface area contributed by atoms with Crippen molar-refractivity contribution in [3.63, 3.8) is 0 Å². The second-order valence-electron chi connectivity index (χ2n) is 8.62. The first kappa shape index (κ1) is 24.3. The Morgan fingerprint density at radius 2 is 2.20 bits per heavy atom. The zero-order valence-corrected chi connectivity index (χ0v) is 19.6. The molecule has 2 fully saturated rings. The molecule has 184 valence electrons. The topological polar surface area (TPSA) is 147 Å². The maximum absolute atomic E-state index is 12.3. The third kappa shape index (κ3) is 5.65. The molecule has 12 heteroatoms. The van der Waals surface area contributed by atoms with E-state index in [1.54, 1.807) is 30.1 Å². The van der Waals surface area contributed by atoms with Gasteiger partial charge < -0.3 is 30.3 Å². The molecule has 12 nitrogen and oxygen atoms in total. The van der Waals surface area contributed by atoms with Crippen LogP contribution >= 0.6 is 0 Å². The molecule has 1 atom stereocenters. The number of hydrogen-bond acceptors (Lipinski definition) is 11. The lowest BCUT2D eigenvalue weighted by atomic mass is 10.1. The van der Waals surface area contributed by atoms with Crippen LogP contribution in [-0.4, -0.2) is 96.4 Å². The van der Waals surface area contributed by atoms with Crippen molar-refractivity contribution in [2.24, 2.45) is 0 Å². The van der Waals surface area contributed by atoms with Gasteiger partial charge in [0.2, 0.25) is 12.3 Å². The number of hydrogen-bond donors (Lipinski definition) is 3. The van der Waals surface area contributed by atoms with Gasteiger partial charge in [-0.1, -0.05) is 6.07 Å². The Morgan fingerprint density at radius 3 is 2.86 bits per heavy atom. The van der Waals surface area contributed by atoms with Gasteiger partial charge in [-0.25, -0.2) is 9.97 Å². The van der Waals surface area contributed by atoms with E-state index in [9.17, 15) is 20.0 Å². The number of aliphatic hydroxyl groups excluding tert-OH is 1. The third-order valence-corrected chi connectivity index (χ3v) is 6.01. The largest absolute Gasteiger partial charge is 0.377 e. The summed E-state index contributed by atoms with van der Waals surface area (Å²) in [6, 6.07) is 7.29. The Labute approximate surface area is 203 Å². The summed E-state index contributed by atoms with van der Waals surface area (Å²) in [4.78, 5) is 37.7. The summed E-state index contributed by atoms with van der Waals surface area (Å²) in [5.74, 6) is 0.719. The summed E-state index contributed by atoms with van der Waals surface area (Å²) in [5, 5.41) is 26.2. The van der Waals surface area contributed by atoms with Gasteiger partial charge in [-0.2, -0.15) is 5.26 Å². The van der Waals surface area contributed by atoms with Crippen molar-refractivity contribution in [1.29, 1.82) is 5.26 Å². The van der Waals surface area contributed by atoms with Crippen molar-refractivity contribution in [3.05, 3.63) is 41.2 Å². The average Bonchev–Trinajstić information content (AvgIpc) is 2.83. The lowest BCUT2D eigenvalue weighted by molar-refractivity contribution is -0.136. The molecule has 2 aromatic rings. The summed E-state index contributed by atoms with van der Waals surface area (Å²) in [5.41, 5.74) is 1.83. The van der Waals surface area contributed by atoms with Gasteiger partial charge in [-0.3, -0.25) is 14.5 Å². The molecule has 0 bridgehead atoms. The van der Waals surface area contributed by atoms with Crippen LogP contribution < -0.4 is 15.5 Å². The van der Waals surface area contributed by atoms with Crippen molar-refractivity contribution in [1.82, 2.24) is 19.8 Å². The van der Waals surface area contributed by atoms with Crippen molar-refractivity contribution in [3.8, 4) is 6.07 Å². The molecule has 0 radical (unpaired) electrons. The number of piperazine rings is 1. The van der Waals surface area contributed by atoms with Gasteiger partial charge in [0.05, 0.1) is 37.1 Å². The Morgan fingerprint density at radius 1 is 1.40 bits per heavy atom. The smallest absolute Gasteiger partial charge is 0.237 e. The van der Waals surface area contributed by atoms with Crippen LogP contribution in [0.3, 0.4) is 0 Å². The van der Waals surface area contributed by atoms with Crippen LogP contribution in [0, 0.1) is 11.3 Å². The fourth-order valence-electron chi connectivity index (χ4n) is 3.76. The van der Waals surface area contributed by atoms with E-state index in [1.807, 2.05) is 11.9 Å². The van der Waals surface area contributed by atoms with Crippen LogP contribution in [0.25, 0.3) is 0 Å². The number of carbonyl (C=O) groups is 2. The second kappa shape index (κ2) is 10.6. The molecule has 2 aromatic heterocycles. The minimum Gasteiger partial charge on any atom is -0.377 e. The molecule has 0 aromatic carbocycles. The number of nitriles is 1. The average molecular weight is 481 g/mol. The number of anilines is 3. The molecule has 4 rings (SSSR count). The zero-order chi connectivity index (χ0) is 24.9. The standard InChI is InChI=1S/C23H28N8O4/c1-29-5-6-31(22(33)11-29)10-15-3-4-21(27-19(15)12-32)30(2)23(34)28-20-7-18(16(8-24)9-25-20)26-17-13-35-14-17/h3-4,7,9,12,17,23,34H,5-6,10-11,13-14H2,1-2H3,(H2,25,26,28). The number of ether oxygens (including phenoxy) is 1. The highest BCUT2D eigenvalue weighted by atomic mass is 16.5. The molecule has 4 heterocycles. The van der Waals surface area contributed by atoms with E-state index >= 15 is 0 Å². The highest BCUT2D eigenvalue weighted by molar-refractivity contribution is 5.80. The van der Waals surface area contributed by atoms with Crippen LogP contribution in [0.5, 0.6) is 0 Å². The number of amides is 1. The Balaban J connectivity index is 1.44. The lowest BCUT2D eigenvalue weighted by Crippen LogP contribution is -2.48. The summed E-state index contributed by atoms with van der Waals surface area (Å²) in [6.07, 6.45) is 0.859. The summed E-state index contributed by atoms with van der Waals surface area (Å²) < 4.78 is 5.16. The van der Waals surface area contributed by atoms with Gasteiger partial charge in [0.1, 0.15) is 23.4 Å². The van der Waals surface area contributed by atoms with E-state index in [1.165, 1.54) is 11.1 Å². The molecule has 2 saturated heterocycles. The molecule has 3 N–H and O–H groups in total. The first-order valence-corrected chi connectivity index (χ1v) is 11.2. The van der Waals surface area contributed by atoms with Crippen LogP contribution in [0.15, 0.2) is 24.4 Å². The predicted octanol–water partition coefficient (Wildman–Crippen LogP) is 0.0697. The van der Waals surface area contributed by atoms with Gasteiger partial charge >= 0.3 is 0 Å². The SMILES string of the molecule is CN1CCN(Cc2ccc(N(C)C(O)Nc3cc(NC4COC4)c(C#N)cn3)nc2C=O)C(=O)C1. The fourth-order valence-corrected chi connectivity index (χ4v) is 3.76. The van der Waals surface area contributed by atoms with E-state index in [4.69, 9.17) is 4.74 Å². The number of carbonyl (C=O) groups excluding carboxylic acids is 2. The quantitative estimate of drug-likeness (QED) is 0.331. The molecule has 0 spiro atoms. The van der Waals surface area contributed by atoms with Crippen molar-refractivity contribution in [2.75, 3.05) is 62.5 Å². The molecule has 35 heavy (non-hydrogen) atoms. The molecule has 0 saturated carbocycles. The van der Waals surface area contributed by atoms with E-state index in [2.05, 4.69) is 26.7 Å². The first-order valence-electron chi connectivity index (χ1n) is 11.2. The molecule has 2 aliphatic heterocycles. The van der Waals surface area contributed by atoms with Gasteiger partial charge in [-0.05, 0) is 13.1 Å². The molecule has 1 unspecified atom stereocenters. The van der Waals surface area contributed by atoms with Gasteiger partial charge in [0, 0.05) is 44.5 Å². The Bertz CT molecular complexity index is 1130. The van der Waals surface area contributed by atoms with Crippen molar-refractivity contribution >= 4 is 29.5 Å². The summed E-state index contributed by atoms with van der Waals surface area (Å²) >= 11 is 0. The molecular weight excluding hydrogens is 452 g/mol. The highest BCUT2D eigenvalue weighted by Gasteiger charge is 2.24. The Kier molecular flexibility index (Phi) is 7.40. The van der Waals surface area contributed by atoms with E-state index in [0.717, 1.165) is 6.54 Å². The minimum absolute atomic E-state index is 0.00465. The predicted molar refractivity (Wildman–Crippen MR) is 128 cm³/mol. The van der Waals surface area contributed by atoms with Crippen LogP contribution in [0.4, 0.5) is 17.3 Å². The third-order valence-electron chi connectivity index (χ3n) is 6.01. The monoisotopic (exact) mass is 480 g/mol. The maximum atomic E-state index is 12.3. The first-order chi connectivity index (χ1) is 16.9. The van der Waals surface area contributed by atoms with Gasteiger partial charge in [0.25, 0.3) is 0 Å². The maximum Gasteiger partial charge on any atom is 0.237 e. The Hall–Kier alpha value is -3.79. The summed E-state index contributed by atoms with van der Waals surface area (Å²) in [6.45, 7) is 3.12. The molecular formula is C23H28N8O4. The van der Waals surface area contributed by atoms with E-state index in [0.29, 0.717) is 67.6 Å². The normalized spacial score (nSPS) is 17.3. The summed E-state index contributed by atoms with van der Waals surface area (Å²) in [7, 11) is 3.51. The van der Waals surface area contributed by atoms with Crippen molar-refractivity contribution in [2.45, 2.75) is 18.9 Å². The zero-order valence-electron chi connectivity index (χ0n) is 19.6. The minimum atomic E-state index is -1.22. The number of nitrogens with zero attached hydrogens (tertiary/aromatic N) is 6. The van der Waals surface area contributed by atoms with Crippen LogP contribution in [-0.2, 0) is 16.1 Å². The number of pyridine rings is 2.